The molecule has 0 saturated heterocycles. The number of nitrogens with zero attached hydrogens (tertiary/aromatic N) is 4. The first kappa shape index (κ1) is 38.9. The molecule has 2 amide bonds. The van der Waals surface area contributed by atoms with Crippen molar-refractivity contribution in [1.82, 2.24) is 14.5 Å². The Bertz CT molecular complexity index is 2140. The van der Waals surface area contributed by atoms with Crippen molar-refractivity contribution in [3.63, 3.8) is 0 Å². The molecule has 7 rings (SSSR count). The number of carbonyl (C=O) groups is 3. The molecule has 2 bridgehead atoms. The number of carbonyl (C=O) groups excluding carboxylic acids is 3. The highest BCUT2D eigenvalue weighted by molar-refractivity contribution is 7.92. The molecule has 1 saturated carbocycles. The van der Waals surface area contributed by atoms with E-state index in [1.807, 2.05) is 39.0 Å². The number of ether oxygens (including phenoxy) is 3. The van der Waals surface area contributed by atoms with Gasteiger partial charge in [-0.25, -0.2) is 4.21 Å². The zero-order valence-electron chi connectivity index (χ0n) is 32.1. The van der Waals surface area contributed by atoms with E-state index < -0.39 is 27.8 Å². The minimum atomic E-state index is -3.67. The lowest BCUT2D eigenvalue weighted by atomic mass is 9.68. The molecule has 1 fully saturated rings. The number of nitrogens with one attached hydrogen (secondary N) is 1. The average molecular weight is 792 g/mol. The van der Waals surface area contributed by atoms with Gasteiger partial charge in [-0.15, -0.1) is 9.46 Å². The zero-order chi connectivity index (χ0) is 39.1. The summed E-state index contributed by atoms with van der Waals surface area (Å²) in [5.74, 6) is -1.37. The van der Waals surface area contributed by atoms with Gasteiger partial charge in [0.05, 0.1) is 31.1 Å². The first-order valence-electron chi connectivity index (χ1n) is 19.1. The molecule has 1 N–H and O–H groups in total. The second-order valence-electron chi connectivity index (χ2n) is 16.0. The molecule has 4 aliphatic rings. The van der Waals surface area contributed by atoms with Gasteiger partial charge in [-0.2, -0.15) is 0 Å². The van der Waals surface area contributed by atoms with Crippen molar-refractivity contribution < 1.29 is 32.8 Å². The van der Waals surface area contributed by atoms with Crippen molar-refractivity contribution in [2.24, 2.45) is 35.1 Å². The zero-order valence-corrected chi connectivity index (χ0v) is 33.7. The molecule has 2 aliphatic carbocycles. The van der Waals surface area contributed by atoms with Gasteiger partial charge in [0.15, 0.2) is 0 Å². The highest BCUT2D eigenvalue weighted by Crippen LogP contribution is 2.47. The molecule has 0 unspecified atom stereocenters. The van der Waals surface area contributed by atoms with Crippen LogP contribution >= 0.6 is 11.6 Å². The summed E-state index contributed by atoms with van der Waals surface area (Å²) in [5.41, 5.74) is 3.15. The van der Waals surface area contributed by atoms with Gasteiger partial charge in [0.2, 0.25) is 5.88 Å². The fourth-order valence-electron chi connectivity index (χ4n) is 8.49. The van der Waals surface area contributed by atoms with Crippen LogP contribution in [0.15, 0.2) is 59.1 Å². The minimum Gasteiger partial charge on any atom is -0.490 e. The van der Waals surface area contributed by atoms with Crippen molar-refractivity contribution >= 4 is 45.0 Å². The third-order valence-corrected chi connectivity index (χ3v) is 13.7. The number of methoxy groups -OCH3 is 1. The molecular formula is C41H50ClN5O7S. The summed E-state index contributed by atoms with van der Waals surface area (Å²) in [6.07, 6.45) is 10.1. The number of halogens is 1. The van der Waals surface area contributed by atoms with Gasteiger partial charge < -0.3 is 19.1 Å². The van der Waals surface area contributed by atoms with Crippen molar-refractivity contribution in [3.05, 3.63) is 82.0 Å². The van der Waals surface area contributed by atoms with Crippen LogP contribution in [0.5, 0.6) is 11.6 Å². The quantitative estimate of drug-likeness (QED) is 0.221. The van der Waals surface area contributed by atoms with Crippen LogP contribution < -0.4 is 19.1 Å². The largest absolute Gasteiger partial charge is 0.490 e. The molecule has 12 nitrogen and oxygen atoms in total. The second-order valence-corrected chi connectivity index (χ2v) is 18.4. The summed E-state index contributed by atoms with van der Waals surface area (Å²) < 4.78 is 41.1. The first-order valence-corrected chi connectivity index (χ1v) is 21.2. The maximum atomic E-state index is 14.7. The van der Waals surface area contributed by atoms with Gasteiger partial charge in [0, 0.05) is 48.3 Å². The third-order valence-electron chi connectivity index (χ3n) is 11.5. The third kappa shape index (κ3) is 8.14. The SMILES string of the molecule is COc1nn(C)cc1C(=O)N[S@@]1(=O)=NC(=O)c2ccc3c(c2)N(C[C@@H]2CC[C@H]2[C@@H](OC(=O)C(C)C)/C=C/C[C@H](C)C1)C[C@@]1(CCCc2cc(Cl)ccc21)CO3. The number of amides is 2. The number of hydrogen-bond donors (Lipinski definition) is 1. The Labute approximate surface area is 328 Å². The Kier molecular flexibility index (Phi) is 11.1. The normalized spacial score (nSPS) is 28.4. The van der Waals surface area contributed by atoms with E-state index in [-0.39, 0.29) is 57.8 Å². The van der Waals surface area contributed by atoms with E-state index in [1.165, 1.54) is 29.1 Å². The number of fused-ring (bicyclic) bond motifs is 4. The van der Waals surface area contributed by atoms with Crippen LogP contribution in [0.1, 0.15) is 84.7 Å². The van der Waals surface area contributed by atoms with Crippen molar-refractivity contribution in [2.75, 3.05) is 37.5 Å². The maximum Gasteiger partial charge on any atom is 0.308 e. The maximum absolute atomic E-state index is 14.7. The highest BCUT2D eigenvalue weighted by atomic mass is 35.5. The molecule has 6 atom stereocenters. The highest BCUT2D eigenvalue weighted by Gasteiger charge is 2.45. The average Bonchev–Trinajstić information content (AvgIpc) is 3.44. The number of hydrogen-bond acceptors (Lipinski definition) is 9. The predicted molar refractivity (Wildman–Crippen MR) is 211 cm³/mol. The van der Waals surface area contributed by atoms with E-state index in [0.717, 1.165) is 37.8 Å². The van der Waals surface area contributed by atoms with Gasteiger partial charge in [0.25, 0.3) is 11.8 Å². The first-order chi connectivity index (χ1) is 26.3. The van der Waals surface area contributed by atoms with Gasteiger partial charge in [0.1, 0.15) is 27.3 Å². The van der Waals surface area contributed by atoms with Crippen LogP contribution in [0.2, 0.25) is 5.02 Å². The Morgan fingerprint density at radius 3 is 2.73 bits per heavy atom. The lowest BCUT2D eigenvalue weighted by molar-refractivity contribution is -0.155. The molecule has 55 heavy (non-hydrogen) atoms. The van der Waals surface area contributed by atoms with E-state index in [4.69, 9.17) is 25.8 Å². The van der Waals surface area contributed by atoms with Crippen LogP contribution in [-0.4, -0.2) is 70.4 Å². The van der Waals surface area contributed by atoms with Crippen LogP contribution in [0.25, 0.3) is 0 Å². The van der Waals surface area contributed by atoms with E-state index in [9.17, 15) is 18.6 Å². The summed E-state index contributed by atoms with van der Waals surface area (Å²) in [6.45, 7) is 7.29. The summed E-state index contributed by atoms with van der Waals surface area (Å²) in [6, 6.07) is 11.3. The topological polar surface area (TPSA) is 141 Å². The Hall–Kier alpha value is -4.36. The van der Waals surface area contributed by atoms with Crippen LogP contribution in [-0.2, 0) is 38.3 Å². The Morgan fingerprint density at radius 1 is 1.16 bits per heavy atom. The molecule has 294 valence electrons. The standard InChI is InChI=1S/C41H50ClN5O7S/c1-25(2)40(50)54-35-10-6-8-26(3)22-55(51,45-38(49)32-21-46(4)43-39(32)52-5)44-37(48)28-12-16-36-34(19-28)47(20-29-11-14-31(29)35)23-41(24-53-36)17-7-9-27-18-30(42)13-15-33(27)41/h6,10,12-13,15-16,18-19,21,25-26,29,31,35H,7-9,11,14,17,20,22-24H2,1-5H3,(H,44,45,48,49,51)/b10-6+/t26-,29-,31+,35-,41-,55-/m0/s1. The number of allylic oxidation sites excluding steroid dienone is 1. The van der Waals surface area contributed by atoms with E-state index in [0.29, 0.717) is 36.9 Å². The molecule has 3 aromatic rings. The van der Waals surface area contributed by atoms with Crippen molar-refractivity contribution in [1.29, 1.82) is 0 Å². The van der Waals surface area contributed by atoms with Gasteiger partial charge in [-0.1, -0.05) is 44.5 Å². The molecular weight excluding hydrogens is 742 g/mol. The molecule has 14 heteroatoms. The molecule has 1 spiro atoms. The smallest absolute Gasteiger partial charge is 0.308 e. The van der Waals surface area contributed by atoms with E-state index in [2.05, 4.69) is 31.2 Å². The Balaban J connectivity index is 1.32. The summed E-state index contributed by atoms with van der Waals surface area (Å²) in [5, 5.41) is 4.86. The lowest BCUT2D eigenvalue weighted by Crippen LogP contribution is -2.50. The number of rotatable bonds is 5. The lowest BCUT2D eigenvalue weighted by Gasteiger charge is -2.46. The van der Waals surface area contributed by atoms with Crippen LogP contribution in [0.4, 0.5) is 5.69 Å². The van der Waals surface area contributed by atoms with Gasteiger partial charge in [-0.05, 0) is 97.9 Å². The van der Waals surface area contributed by atoms with Crippen molar-refractivity contribution in [2.45, 2.75) is 70.8 Å². The fraction of sp³-hybridized carbons (Fsp3) is 0.512. The number of benzene rings is 2. The minimum absolute atomic E-state index is 0.0575. The van der Waals surface area contributed by atoms with E-state index in [1.54, 1.807) is 25.2 Å². The molecule has 0 radical (unpaired) electrons. The number of esters is 1. The number of aromatic nitrogens is 2. The summed E-state index contributed by atoms with van der Waals surface area (Å²) in [4.78, 5) is 43.0. The summed E-state index contributed by atoms with van der Waals surface area (Å²) >= 11 is 6.47. The second kappa shape index (κ2) is 15.6. The monoisotopic (exact) mass is 791 g/mol. The number of anilines is 1. The number of aryl methyl sites for hydroxylation is 2. The Morgan fingerprint density at radius 2 is 1.98 bits per heavy atom. The van der Waals surface area contributed by atoms with Crippen LogP contribution in [0.3, 0.4) is 0 Å². The fourth-order valence-corrected chi connectivity index (χ4v) is 10.6. The molecule has 2 aromatic carbocycles. The van der Waals surface area contributed by atoms with Crippen LogP contribution in [0, 0.1) is 23.7 Å². The van der Waals surface area contributed by atoms with Gasteiger partial charge >= 0.3 is 5.97 Å². The predicted octanol–water partition coefficient (Wildman–Crippen LogP) is 6.70. The van der Waals surface area contributed by atoms with E-state index >= 15 is 0 Å². The summed E-state index contributed by atoms with van der Waals surface area (Å²) in [7, 11) is -0.643. The van der Waals surface area contributed by atoms with Gasteiger partial charge in [-0.3, -0.25) is 23.8 Å². The molecule has 1 aromatic heterocycles. The molecule has 2 aliphatic heterocycles. The molecule has 3 heterocycles. The van der Waals surface area contributed by atoms with Crippen molar-refractivity contribution in [3.8, 4) is 11.6 Å².